The van der Waals surface area contributed by atoms with Gasteiger partial charge in [0.05, 0.1) is 0 Å². The highest BCUT2D eigenvalue weighted by molar-refractivity contribution is 6.21. The minimum atomic E-state index is -0.492. The maximum Gasteiger partial charge on any atom is 0.129 e. The minimum Gasteiger partial charge on any atom is -0.207 e. The van der Waals surface area contributed by atoms with Crippen molar-refractivity contribution in [2.75, 3.05) is 0 Å². The van der Waals surface area contributed by atoms with Crippen LogP contribution >= 0.6 is 11.6 Å². The Bertz CT molecular complexity index is 344. The van der Waals surface area contributed by atoms with Gasteiger partial charge in [-0.25, -0.2) is 8.78 Å². The van der Waals surface area contributed by atoms with Crippen molar-refractivity contribution in [2.24, 2.45) is 11.8 Å². The number of rotatable bonds is 3. The van der Waals surface area contributed by atoms with Crippen LogP contribution < -0.4 is 0 Å². The molecule has 0 bridgehead atoms. The van der Waals surface area contributed by atoms with E-state index in [9.17, 15) is 8.78 Å². The third-order valence-electron chi connectivity index (χ3n) is 3.10. The normalized spacial score (nSPS) is 26.4. The van der Waals surface area contributed by atoms with Crippen molar-refractivity contribution in [1.29, 1.82) is 0 Å². The van der Waals surface area contributed by atoms with Gasteiger partial charge in [-0.1, -0.05) is 13.0 Å². The molecule has 82 valence electrons. The van der Waals surface area contributed by atoms with Crippen LogP contribution in [-0.4, -0.2) is 5.38 Å². The van der Waals surface area contributed by atoms with Gasteiger partial charge < -0.3 is 0 Å². The zero-order chi connectivity index (χ0) is 11.0. The van der Waals surface area contributed by atoms with Crippen LogP contribution in [-0.2, 0) is 6.42 Å². The first-order valence-corrected chi connectivity index (χ1v) is 5.60. The summed E-state index contributed by atoms with van der Waals surface area (Å²) in [5, 5.41) is -0.147. The van der Waals surface area contributed by atoms with Gasteiger partial charge in [-0.05, 0) is 36.8 Å². The van der Waals surface area contributed by atoms with E-state index >= 15 is 0 Å². The second-order valence-corrected chi connectivity index (χ2v) is 4.86. The molecule has 3 heteroatoms. The van der Waals surface area contributed by atoms with Gasteiger partial charge in [-0.15, -0.1) is 11.6 Å². The van der Waals surface area contributed by atoms with Gasteiger partial charge in [0.15, 0.2) is 0 Å². The second kappa shape index (κ2) is 4.09. The molecule has 3 atom stereocenters. The van der Waals surface area contributed by atoms with Gasteiger partial charge in [-0.2, -0.15) is 0 Å². The van der Waals surface area contributed by atoms with Crippen molar-refractivity contribution in [3.8, 4) is 0 Å². The fourth-order valence-electron chi connectivity index (χ4n) is 1.93. The SMILES string of the molecule is CC1CC1C(Cl)Cc1c(F)cccc1F. The van der Waals surface area contributed by atoms with Crippen molar-refractivity contribution in [1.82, 2.24) is 0 Å². The Hall–Kier alpha value is -0.630. The summed E-state index contributed by atoms with van der Waals surface area (Å²) in [7, 11) is 0. The van der Waals surface area contributed by atoms with Crippen LogP contribution in [0.25, 0.3) is 0 Å². The molecule has 3 unspecified atom stereocenters. The highest BCUT2D eigenvalue weighted by Gasteiger charge is 2.38. The van der Waals surface area contributed by atoms with Gasteiger partial charge in [-0.3, -0.25) is 0 Å². The number of hydrogen-bond acceptors (Lipinski definition) is 0. The summed E-state index contributed by atoms with van der Waals surface area (Å²) in [5.41, 5.74) is 0.122. The summed E-state index contributed by atoms with van der Waals surface area (Å²) in [5.74, 6) is 0.0379. The largest absolute Gasteiger partial charge is 0.207 e. The Kier molecular flexibility index (Phi) is 2.96. The summed E-state index contributed by atoms with van der Waals surface area (Å²) in [6.45, 7) is 2.11. The highest BCUT2D eigenvalue weighted by atomic mass is 35.5. The molecule has 0 saturated heterocycles. The van der Waals surface area contributed by atoms with Crippen LogP contribution in [0.5, 0.6) is 0 Å². The molecule has 0 amide bonds. The number of benzene rings is 1. The Morgan fingerprint density at radius 1 is 1.40 bits per heavy atom. The lowest BCUT2D eigenvalue weighted by atomic mass is 10.1. The average molecular weight is 231 g/mol. The van der Waals surface area contributed by atoms with Crippen LogP contribution in [0.2, 0.25) is 0 Å². The summed E-state index contributed by atoms with van der Waals surface area (Å²) < 4.78 is 26.6. The van der Waals surface area contributed by atoms with Crippen molar-refractivity contribution in [3.63, 3.8) is 0 Å². The fourth-order valence-corrected chi connectivity index (χ4v) is 2.43. The van der Waals surface area contributed by atoms with Gasteiger partial charge in [0.1, 0.15) is 11.6 Å². The summed E-state index contributed by atoms with van der Waals surface area (Å²) in [6.07, 6.45) is 1.36. The van der Waals surface area contributed by atoms with E-state index in [0.29, 0.717) is 11.8 Å². The Labute approximate surface area is 93.2 Å². The van der Waals surface area contributed by atoms with Crippen LogP contribution in [0.3, 0.4) is 0 Å². The topological polar surface area (TPSA) is 0 Å². The maximum absolute atomic E-state index is 13.3. The minimum absolute atomic E-state index is 0.122. The highest BCUT2D eigenvalue weighted by Crippen LogP contribution is 2.44. The molecule has 1 aromatic carbocycles. The molecular weight excluding hydrogens is 218 g/mol. The zero-order valence-electron chi connectivity index (χ0n) is 8.51. The van der Waals surface area contributed by atoms with E-state index in [0.717, 1.165) is 6.42 Å². The van der Waals surface area contributed by atoms with E-state index in [2.05, 4.69) is 6.92 Å². The fraction of sp³-hybridized carbons (Fsp3) is 0.500. The van der Waals surface area contributed by atoms with Gasteiger partial charge in [0.25, 0.3) is 0 Å². The third kappa shape index (κ3) is 2.31. The van der Waals surface area contributed by atoms with Gasteiger partial charge in [0, 0.05) is 10.9 Å². The summed E-state index contributed by atoms with van der Waals surface area (Å²) in [6, 6.07) is 3.92. The lowest BCUT2D eigenvalue weighted by Gasteiger charge is -2.10. The molecule has 0 nitrogen and oxygen atoms in total. The average Bonchev–Trinajstić information content (AvgIpc) is 2.89. The van der Waals surface area contributed by atoms with Crippen LogP contribution in [0, 0.1) is 23.5 Å². The summed E-state index contributed by atoms with van der Waals surface area (Å²) in [4.78, 5) is 0. The molecule has 1 aliphatic carbocycles. The standard InChI is InChI=1S/C12H13ClF2/c1-7-5-8(7)10(13)6-9-11(14)3-2-4-12(9)15/h2-4,7-8,10H,5-6H2,1H3. The van der Waals surface area contributed by atoms with E-state index < -0.39 is 11.6 Å². The number of alkyl halides is 1. The quantitative estimate of drug-likeness (QED) is 0.694. The first-order valence-electron chi connectivity index (χ1n) is 5.16. The molecule has 0 aromatic heterocycles. The molecule has 0 spiro atoms. The van der Waals surface area contributed by atoms with E-state index in [4.69, 9.17) is 11.6 Å². The molecule has 0 heterocycles. The predicted molar refractivity (Wildman–Crippen MR) is 57.0 cm³/mol. The molecule has 15 heavy (non-hydrogen) atoms. The predicted octanol–water partition coefficient (Wildman–Crippen LogP) is 3.77. The van der Waals surface area contributed by atoms with E-state index in [1.165, 1.54) is 18.2 Å². The van der Waals surface area contributed by atoms with Gasteiger partial charge >= 0.3 is 0 Å². The van der Waals surface area contributed by atoms with Crippen LogP contribution in [0.1, 0.15) is 18.9 Å². The van der Waals surface area contributed by atoms with Crippen LogP contribution in [0.15, 0.2) is 18.2 Å². The molecule has 1 aliphatic rings. The molecular formula is C12H13ClF2. The molecule has 1 saturated carbocycles. The van der Waals surface area contributed by atoms with E-state index in [1.807, 2.05) is 0 Å². The smallest absolute Gasteiger partial charge is 0.129 e. The van der Waals surface area contributed by atoms with E-state index in [-0.39, 0.29) is 17.4 Å². The molecule has 0 radical (unpaired) electrons. The number of hydrogen-bond donors (Lipinski definition) is 0. The zero-order valence-corrected chi connectivity index (χ0v) is 9.27. The first-order chi connectivity index (χ1) is 7.09. The Balaban J connectivity index is 2.10. The third-order valence-corrected chi connectivity index (χ3v) is 3.58. The lowest BCUT2D eigenvalue weighted by molar-refractivity contribution is 0.542. The molecule has 0 aliphatic heterocycles. The first kappa shape index (κ1) is 10.9. The second-order valence-electron chi connectivity index (χ2n) is 4.30. The van der Waals surface area contributed by atoms with Crippen LogP contribution in [0.4, 0.5) is 8.78 Å². The van der Waals surface area contributed by atoms with Crippen molar-refractivity contribution in [3.05, 3.63) is 35.4 Å². The molecule has 2 rings (SSSR count). The summed E-state index contributed by atoms with van der Waals surface area (Å²) >= 11 is 6.12. The van der Waals surface area contributed by atoms with Crippen molar-refractivity contribution < 1.29 is 8.78 Å². The molecule has 0 N–H and O–H groups in total. The van der Waals surface area contributed by atoms with Gasteiger partial charge in [0.2, 0.25) is 0 Å². The van der Waals surface area contributed by atoms with Crippen molar-refractivity contribution in [2.45, 2.75) is 25.1 Å². The molecule has 1 fully saturated rings. The number of halogens is 3. The Morgan fingerprint density at radius 2 is 1.93 bits per heavy atom. The molecule has 1 aromatic rings. The van der Waals surface area contributed by atoms with E-state index in [1.54, 1.807) is 0 Å². The van der Waals surface area contributed by atoms with Crippen molar-refractivity contribution >= 4 is 11.6 Å². The lowest BCUT2D eigenvalue weighted by Crippen LogP contribution is -2.10. The monoisotopic (exact) mass is 230 g/mol. The Morgan fingerprint density at radius 3 is 2.40 bits per heavy atom. The maximum atomic E-state index is 13.3.